The third kappa shape index (κ3) is 3.72. The first kappa shape index (κ1) is 14.0. The molecule has 1 aromatic rings. The van der Waals surface area contributed by atoms with Crippen molar-refractivity contribution in [3.05, 3.63) is 35.4 Å². The minimum Gasteiger partial charge on any atom is -0.352 e. The van der Waals surface area contributed by atoms with E-state index in [2.05, 4.69) is 10.6 Å². The minimum atomic E-state index is 0. The first-order valence-corrected chi connectivity index (χ1v) is 5.82. The lowest BCUT2D eigenvalue weighted by molar-refractivity contribution is 0.0947. The van der Waals surface area contributed by atoms with Gasteiger partial charge in [0.1, 0.15) is 0 Å². The van der Waals surface area contributed by atoms with E-state index in [0.717, 1.165) is 37.2 Å². The fraction of sp³-hybridized carbons (Fsp3) is 0.462. The number of carbonyl (C=O) groups excluding carboxylic acids is 1. The van der Waals surface area contributed by atoms with Crippen molar-refractivity contribution < 1.29 is 4.79 Å². The van der Waals surface area contributed by atoms with Crippen molar-refractivity contribution in [3.63, 3.8) is 0 Å². The molecule has 3 nitrogen and oxygen atoms in total. The quantitative estimate of drug-likeness (QED) is 0.863. The lowest BCUT2D eigenvalue weighted by atomic mass is 10.1. The Hall–Kier alpha value is -1.06. The molecule has 1 aromatic carbocycles. The molecule has 1 saturated heterocycles. The van der Waals surface area contributed by atoms with Crippen LogP contribution in [0.15, 0.2) is 24.3 Å². The van der Waals surface area contributed by atoms with Gasteiger partial charge in [-0.3, -0.25) is 4.79 Å². The molecule has 4 heteroatoms. The number of nitrogens with one attached hydrogen (secondary N) is 2. The number of halogens is 1. The highest BCUT2D eigenvalue weighted by Gasteiger charge is 2.16. The van der Waals surface area contributed by atoms with Gasteiger partial charge >= 0.3 is 0 Å². The molecule has 0 aromatic heterocycles. The second-order valence-electron chi connectivity index (χ2n) is 4.38. The smallest absolute Gasteiger partial charge is 0.251 e. The van der Waals surface area contributed by atoms with E-state index in [1.807, 2.05) is 31.2 Å². The van der Waals surface area contributed by atoms with Gasteiger partial charge in [-0.2, -0.15) is 0 Å². The summed E-state index contributed by atoms with van der Waals surface area (Å²) in [6.45, 7) is 4.84. The van der Waals surface area contributed by atoms with Gasteiger partial charge in [-0.05, 0) is 44.0 Å². The van der Waals surface area contributed by atoms with E-state index >= 15 is 0 Å². The molecule has 0 radical (unpaired) electrons. The van der Waals surface area contributed by atoms with Crippen LogP contribution in [0.4, 0.5) is 0 Å². The molecule has 1 heterocycles. The van der Waals surface area contributed by atoms with Gasteiger partial charge < -0.3 is 10.6 Å². The van der Waals surface area contributed by atoms with Crippen molar-refractivity contribution in [3.8, 4) is 0 Å². The first-order chi connectivity index (χ1) is 7.77. The summed E-state index contributed by atoms with van der Waals surface area (Å²) in [5.74, 6) is 0.637. The molecule has 0 aliphatic carbocycles. The minimum absolute atomic E-state index is 0. The zero-order chi connectivity index (χ0) is 11.4. The lowest BCUT2D eigenvalue weighted by Gasteiger charge is -2.11. The largest absolute Gasteiger partial charge is 0.352 e. The fourth-order valence-corrected chi connectivity index (χ4v) is 2.05. The van der Waals surface area contributed by atoms with Gasteiger partial charge in [-0.15, -0.1) is 12.4 Å². The number of hydrogen-bond donors (Lipinski definition) is 2. The van der Waals surface area contributed by atoms with Crippen LogP contribution in [-0.4, -0.2) is 25.5 Å². The zero-order valence-electron chi connectivity index (χ0n) is 10.0. The molecule has 1 atom stereocenters. The second-order valence-corrected chi connectivity index (χ2v) is 4.38. The summed E-state index contributed by atoms with van der Waals surface area (Å²) in [6.07, 6.45) is 1.16. The summed E-state index contributed by atoms with van der Waals surface area (Å²) in [5.41, 5.74) is 1.82. The maximum absolute atomic E-state index is 11.9. The molecular formula is C13H19ClN2O. The van der Waals surface area contributed by atoms with Crippen LogP contribution in [0.3, 0.4) is 0 Å². The Morgan fingerprint density at radius 2 is 2.24 bits per heavy atom. The van der Waals surface area contributed by atoms with E-state index in [1.54, 1.807) is 0 Å². The average molecular weight is 255 g/mol. The topological polar surface area (TPSA) is 41.1 Å². The molecule has 2 rings (SSSR count). The predicted molar refractivity (Wildman–Crippen MR) is 71.7 cm³/mol. The molecule has 0 spiro atoms. The number of benzene rings is 1. The molecule has 1 unspecified atom stereocenters. The number of hydrogen-bond acceptors (Lipinski definition) is 2. The number of aryl methyl sites for hydroxylation is 1. The number of rotatable bonds is 3. The van der Waals surface area contributed by atoms with Crippen molar-refractivity contribution >= 4 is 18.3 Å². The Labute approximate surface area is 108 Å². The summed E-state index contributed by atoms with van der Waals surface area (Å²) in [6, 6.07) is 7.69. The summed E-state index contributed by atoms with van der Waals surface area (Å²) in [4.78, 5) is 11.9. The normalized spacial score (nSPS) is 18.5. The van der Waals surface area contributed by atoms with Crippen LogP contribution in [0.1, 0.15) is 22.3 Å². The van der Waals surface area contributed by atoms with E-state index in [4.69, 9.17) is 0 Å². The van der Waals surface area contributed by atoms with E-state index in [1.165, 1.54) is 0 Å². The Kier molecular flexibility index (Phi) is 5.45. The van der Waals surface area contributed by atoms with Crippen LogP contribution >= 0.6 is 12.4 Å². The van der Waals surface area contributed by atoms with Gasteiger partial charge in [-0.1, -0.05) is 18.2 Å². The highest BCUT2D eigenvalue weighted by molar-refractivity contribution is 5.95. The van der Waals surface area contributed by atoms with E-state index < -0.39 is 0 Å². The molecule has 94 valence electrons. The van der Waals surface area contributed by atoms with Crippen molar-refractivity contribution in [2.75, 3.05) is 19.6 Å². The highest BCUT2D eigenvalue weighted by atomic mass is 35.5. The molecule has 0 saturated carbocycles. The third-order valence-corrected chi connectivity index (χ3v) is 3.10. The Balaban J connectivity index is 0.00000144. The summed E-state index contributed by atoms with van der Waals surface area (Å²) in [7, 11) is 0. The second kappa shape index (κ2) is 6.62. The van der Waals surface area contributed by atoms with Crippen LogP contribution in [0.2, 0.25) is 0 Å². The van der Waals surface area contributed by atoms with Gasteiger partial charge in [0.25, 0.3) is 5.91 Å². The molecule has 1 aliphatic rings. The predicted octanol–water partition coefficient (Wildman–Crippen LogP) is 1.76. The van der Waals surface area contributed by atoms with Crippen LogP contribution in [0, 0.1) is 12.8 Å². The summed E-state index contributed by atoms with van der Waals surface area (Å²) in [5, 5.41) is 6.30. The molecule has 1 amide bonds. The van der Waals surface area contributed by atoms with Crippen molar-refractivity contribution in [1.29, 1.82) is 0 Å². The van der Waals surface area contributed by atoms with Crippen molar-refractivity contribution in [2.24, 2.45) is 5.92 Å². The average Bonchev–Trinajstić information content (AvgIpc) is 2.79. The standard InChI is InChI=1S/C13H18N2O.ClH/c1-10-4-2-3-5-12(10)13(16)15-9-11-6-7-14-8-11;/h2-5,11,14H,6-9H2,1H3,(H,15,16);1H. The Bertz CT molecular complexity index is 375. The van der Waals surface area contributed by atoms with E-state index in [9.17, 15) is 4.79 Å². The molecule has 1 fully saturated rings. The van der Waals surface area contributed by atoms with Crippen LogP contribution in [-0.2, 0) is 0 Å². The van der Waals surface area contributed by atoms with Crippen LogP contribution in [0.5, 0.6) is 0 Å². The summed E-state index contributed by atoms with van der Waals surface area (Å²) >= 11 is 0. The lowest BCUT2D eigenvalue weighted by Crippen LogP contribution is -2.30. The number of amides is 1. The van der Waals surface area contributed by atoms with Gasteiger partial charge in [-0.25, -0.2) is 0 Å². The van der Waals surface area contributed by atoms with Gasteiger partial charge in [0.05, 0.1) is 0 Å². The first-order valence-electron chi connectivity index (χ1n) is 5.82. The van der Waals surface area contributed by atoms with E-state index in [-0.39, 0.29) is 18.3 Å². The van der Waals surface area contributed by atoms with Gasteiger partial charge in [0.15, 0.2) is 0 Å². The monoisotopic (exact) mass is 254 g/mol. The van der Waals surface area contributed by atoms with Gasteiger partial charge in [0, 0.05) is 12.1 Å². The molecule has 0 bridgehead atoms. The number of carbonyl (C=O) groups is 1. The molecular weight excluding hydrogens is 236 g/mol. The zero-order valence-corrected chi connectivity index (χ0v) is 10.8. The SMILES string of the molecule is Cc1ccccc1C(=O)NCC1CCNC1.Cl. The summed E-state index contributed by atoms with van der Waals surface area (Å²) < 4.78 is 0. The van der Waals surface area contributed by atoms with Crippen LogP contribution in [0.25, 0.3) is 0 Å². The maximum Gasteiger partial charge on any atom is 0.251 e. The molecule has 17 heavy (non-hydrogen) atoms. The van der Waals surface area contributed by atoms with Crippen LogP contribution < -0.4 is 10.6 Å². The van der Waals surface area contributed by atoms with Gasteiger partial charge in [0.2, 0.25) is 0 Å². The molecule has 2 N–H and O–H groups in total. The molecule has 1 aliphatic heterocycles. The Morgan fingerprint density at radius 1 is 1.47 bits per heavy atom. The van der Waals surface area contributed by atoms with Crippen molar-refractivity contribution in [2.45, 2.75) is 13.3 Å². The maximum atomic E-state index is 11.9. The third-order valence-electron chi connectivity index (χ3n) is 3.10. The van der Waals surface area contributed by atoms with E-state index in [0.29, 0.717) is 5.92 Å². The Morgan fingerprint density at radius 3 is 2.88 bits per heavy atom. The fourth-order valence-electron chi connectivity index (χ4n) is 2.05. The van der Waals surface area contributed by atoms with Crippen molar-refractivity contribution in [1.82, 2.24) is 10.6 Å². The highest BCUT2D eigenvalue weighted by Crippen LogP contribution is 2.08.